The molecule has 1 atom stereocenters. The van der Waals surface area contributed by atoms with Crippen molar-refractivity contribution in [1.29, 1.82) is 0 Å². The first kappa shape index (κ1) is 16.5. The van der Waals surface area contributed by atoms with Crippen molar-refractivity contribution < 1.29 is 5.11 Å². The number of aromatic amines is 1. The number of aryl methyl sites for hydroxylation is 1. The van der Waals surface area contributed by atoms with Gasteiger partial charge < -0.3 is 10.1 Å². The summed E-state index contributed by atoms with van der Waals surface area (Å²) in [5.74, 6) is 0.310. The van der Waals surface area contributed by atoms with Gasteiger partial charge in [0.2, 0.25) is 0 Å². The lowest BCUT2D eigenvalue weighted by molar-refractivity contribution is 0.203. The highest BCUT2D eigenvalue weighted by atomic mass is 32.1. The Bertz CT molecular complexity index is 1110. The summed E-state index contributed by atoms with van der Waals surface area (Å²) in [6.45, 7) is 3.89. The third kappa shape index (κ3) is 2.93. The Morgan fingerprint density at radius 1 is 1.22 bits per heavy atom. The molecule has 0 saturated carbocycles. The average Bonchev–Trinajstić information content (AvgIpc) is 3.24. The highest BCUT2D eigenvalue weighted by Crippen LogP contribution is 2.40. The number of H-pyrrole nitrogens is 1. The second-order valence-corrected chi connectivity index (χ2v) is 8.45. The van der Waals surface area contributed by atoms with Crippen LogP contribution in [0.25, 0.3) is 10.9 Å². The van der Waals surface area contributed by atoms with E-state index in [0.717, 1.165) is 30.1 Å². The van der Waals surface area contributed by atoms with E-state index in [0.29, 0.717) is 5.75 Å². The fourth-order valence-electron chi connectivity index (χ4n) is 4.21. The van der Waals surface area contributed by atoms with Crippen LogP contribution in [0.5, 0.6) is 5.75 Å². The van der Waals surface area contributed by atoms with Crippen LogP contribution in [-0.4, -0.2) is 26.5 Å². The summed E-state index contributed by atoms with van der Waals surface area (Å²) in [7, 11) is 0. The van der Waals surface area contributed by atoms with E-state index in [2.05, 4.69) is 45.2 Å². The van der Waals surface area contributed by atoms with E-state index in [1.807, 2.05) is 25.3 Å². The molecule has 2 aromatic carbocycles. The minimum Gasteiger partial charge on any atom is -0.508 e. The first-order valence-corrected chi connectivity index (χ1v) is 10.0. The van der Waals surface area contributed by atoms with Gasteiger partial charge in [-0.25, -0.2) is 4.98 Å². The van der Waals surface area contributed by atoms with Crippen molar-refractivity contribution in [2.75, 3.05) is 6.54 Å². The lowest BCUT2D eigenvalue weighted by Gasteiger charge is -2.36. The summed E-state index contributed by atoms with van der Waals surface area (Å²) in [6.07, 6.45) is 3.01. The maximum atomic E-state index is 10.1. The second kappa shape index (κ2) is 6.51. The SMILES string of the molecule is Cc1ncc(CN2CCc3c([nH]c4ccccc34)C2c2cccc(O)c2)s1. The second-order valence-electron chi connectivity index (χ2n) is 7.13. The van der Waals surface area contributed by atoms with Crippen LogP contribution >= 0.6 is 11.3 Å². The molecule has 2 N–H and O–H groups in total. The highest BCUT2D eigenvalue weighted by Gasteiger charge is 2.32. The van der Waals surface area contributed by atoms with Crippen molar-refractivity contribution in [1.82, 2.24) is 14.9 Å². The zero-order valence-electron chi connectivity index (χ0n) is 15.1. The minimum absolute atomic E-state index is 0.0932. The van der Waals surface area contributed by atoms with Crippen molar-refractivity contribution in [2.45, 2.75) is 25.9 Å². The van der Waals surface area contributed by atoms with E-state index in [9.17, 15) is 5.11 Å². The van der Waals surface area contributed by atoms with Crippen LogP contribution in [0.3, 0.4) is 0 Å². The molecule has 0 fully saturated rings. The topological polar surface area (TPSA) is 52.2 Å². The Hall–Kier alpha value is -2.63. The number of para-hydroxylation sites is 1. The monoisotopic (exact) mass is 375 g/mol. The first-order chi connectivity index (χ1) is 13.2. The predicted octanol–water partition coefficient (Wildman–Crippen LogP) is 4.79. The molecule has 2 aromatic heterocycles. The number of benzene rings is 2. The van der Waals surface area contributed by atoms with Gasteiger partial charge in [-0.3, -0.25) is 4.90 Å². The summed E-state index contributed by atoms with van der Waals surface area (Å²) in [6, 6.07) is 16.3. The molecule has 1 unspecified atom stereocenters. The number of hydrogen-bond donors (Lipinski definition) is 2. The summed E-state index contributed by atoms with van der Waals surface area (Å²) < 4.78 is 0. The van der Waals surface area contributed by atoms with Gasteiger partial charge in [-0.05, 0) is 42.7 Å². The van der Waals surface area contributed by atoms with Gasteiger partial charge in [-0.1, -0.05) is 30.3 Å². The standard InChI is InChI=1S/C22H21N3OS/c1-14-23-12-17(27-14)13-25-10-9-19-18-7-2-3-8-20(18)24-21(19)22(25)15-5-4-6-16(26)11-15/h2-8,11-12,22,24,26H,9-10,13H2,1H3. The number of phenols is 1. The third-order valence-corrected chi connectivity index (χ3v) is 6.25. The van der Waals surface area contributed by atoms with Crippen LogP contribution in [0, 0.1) is 6.92 Å². The molecule has 136 valence electrons. The molecule has 4 nitrogen and oxygen atoms in total. The van der Waals surface area contributed by atoms with E-state index in [1.165, 1.54) is 27.0 Å². The fourth-order valence-corrected chi connectivity index (χ4v) is 5.03. The van der Waals surface area contributed by atoms with Gasteiger partial charge in [0.25, 0.3) is 0 Å². The predicted molar refractivity (Wildman–Crippen MR) is 109 cm³/mol. The molecule has 0 spiro atoms. The Kier molecular flexibility index (Phi) is 3.99. The molecule has 5 rings (SSSR count). The first-order valence-electron chi connectivity index (χ1n) is 9.23. The third-order valence-electron chi connectivity index (χ3n) is 5.35. The summed E-state index contributed by atoms with van der Waals surface area (Å²) in [5, 5.41) is 12.5. The average molecular weight is 375 g/mol. The zero-order valence-corrected chi connectivity index (χ0v) is 16.0. The minimum atomic E-state index is 0.0932. The summed E-state index contributed by atoms with van der Waals surface area (Å²) >= 11 is 1.76. The van der Waals surface area contributed by atoms with Crippen molar-refractivity contribution in [3.8, 4) is 5.75 Å². The van der Waals surface area contributed by atoms with Crippen LogP contribution in [-0.2, 0) is 13.0 Å². The van der Waals surface area contributed by atoms with Crippen molar-refractivity contribution in [2.24, 2.45) is 0 Å². The Labute approximate surface area is 162 Å². The van der Waals surface area contributed by atoms with Gasteiger partial charge in [-0.15, -0.1) is 11.3 Å². The molecule has 5 heteroatoms. The number of phenolic OH excluding ortho intramolecular Hbond substituents is 1. The molecule has 0 amide bonds. The lowest BCUT2D eigenvalue weighted by atomic mass is 9.92. The van der Waals surface area contributed by atoms with Gasteiger partial charge in [0, 0.05) is 40.8 Å². The number of fused-ring (bicyclic) bond motifs is 3. The number of hydrogen-bond acceptors (Lipinski definition) is 4. The van der Waals surface area contributed by atoms with Gasteiger partial charge in [0.1, 0.15) is 5.75 Å². The van der Waals surface area contributed by atoms with Gasteiger partial charge >= 0.3 is 0 Å². The molecule has 0 radical (unpaired) electrons. The van der Waals surface area contributed by atoms with E-state index in [4.69, 9.17) is 0 Å². The van der Waals surface area contributed by atoms with Crippen LogP contribution in [0.15, 0.2) is 54.7 Å². The highest BCUT2D eigenvalue weighted by molar-refractivity contribution is 7.11. The van der Waals surface area contributed by atoms with Crippen molar-refractivity contribution in [3.63, 3.8) is 0 Å². The normalized spacial score (nSPS) is 17.3. The van der Waals surface area contributed by atoms with Gasteiger partial charge in [0.05, 0.1) is 11.0 Å². The summed E-state index contributed by atoms with van der Waals surface area (Å²) in [4.78, 5) is 11.8. The molecule has 1 aliphatic heterocycles. The van der Waals surface area contributed by atoms with Crippen LogP contribution in [0.4, 0.5) is 0 Å². The molecule has 3 heterocycles. The van der Waals surface area contributed by atoms with E-state index in [-0.39, 0.29) is 6.04 Å². The number of nitrogens with zero attached hydrogens (tertiary/aromatic N) is 2. The van der Waals surface area contributed by atoms with Gasteiger partial charge in [0.15, 0.2) is 0 Å². The largest absolute Gasteiger partial charge is 0.508 e. The molecular weight excluding hydrogens is 354 g/mol. The maximum absolute atomic E-state index is 10.1. The molecule has 0 bridgehead atoms. The Morgan fingerprint density at radius 3 is 2.93 bits per heavy atom. The Balaban J connectivity index is 1.63. The van der Waals surface area contributed by atoms with Crippen molar-refractivity contribution >= 4 is 22.2 Å². The molecule has 1 aliphatic rings. The van der Waals surface area contributed by atoms with Gasteiger partial charge in [-0.2, -0.15) is 0 Å². The van der Waals surface area contributed by atoms with Crippen LogP contribution < -0.4 is 0 Å². The molecule has 0 saturated heterocycles. The van der Waals surface area contributed by atoms with Crippen LogP contribution in [0.2, 0.25) is 0 Å². The fraction of sp³-hybridized carbons (Fsp3) is 0.227. The quantitative estimate of drug-likeness (QED) is 0.541. The number of rotatable bonds is 3. The van der Waals surface area contributed by atoms with E-state index in [1.54, 1.807) is 17.4 Å². The smallest absolute Gasteiger partial charge is 0.115 e. The number of aromatic nitrogens is 2. The molecule has 27 heavy (non-hydrogen) atoms. The molecule has 4 aromatic rings. The Morgan fingerprint density at radius 2 is 2.11 bits per heavy atom. The number of nitrogens with one attached hydrogen (secondary N) is 1. The maximum Gasteiger partial charge on any atom is 0.115 e. The number of aromatic hydroxyl groups is 1. The molecule has 0 aliphatic carbocycles. The van der Waals surface area contributed by atoms with E-state index >= 15 is 0 Å². The van der Waals surface area contributed by atoms with Crippen LogP contribution in [0.1, 0.15) is 32.7 Å². The van der Waals surface area contributed by atoms with Crippen molar-refractivity contribution in [3.05, 3.63) is 81.4 Å². The zero-order chi connectivity index (χ0) is 18.4. The van der Waals surface area contributed by atoms with E-state index < -0.39 is 0 Å². The number of thiazole rings is 1. The lowest BCUT2D eigenvalue weighted by Crippen LogP contribution is -2.35. The summed E-state index contributed by atoms with van der Waals surface area (Å²) in [5.41, 5.74) is 4.94. The molecular formula is C22H21N3OS.